The van der Waals surface area contributed by atoms with Gasteiger partial charge in [0.05, 0.1) is 5.69 Å². The van der Waals surface area contributed by atoms with E-state index < -0.39 is 18.0 Å². The number of nitrogens with zero attached hydrogens (tertiary/aromatic N) is 3. The van der Waals surface area contributed by atoms with Crippen LogP contribution in [0.25, 0.3) is 0 Å². The number of hydrogen-bond donors (Lipinski definition) is 5. The first-order chi connectivity index (χ1) is 16.8. The van der Waals surface area contributed by atoms with Gasteiger partial charge in [-0.3, -0.25) is 10.1 Å². The summed E-state index contributed by atoms with van der Waals surface area (Å²) in [7, 11) is 1.51. The van der Waals surface area contributed by atoms with E-state index in [1.54, 1.807) is 55.5 Å². The number of halogens is 1. The van der Waals surface area contributed by atoms with Crippen molar-refractivity contribution in [3.63, 3.8) is 0 Å². The van der Waals surface area contributed by atoms with E-state index in [4.69, 9.17) is 21.4 Å². The minimum absolute atomic E-state index is 0.00184. The number of carboxylic acid groups (broad SMARTS) is 1. The Labute approximate surface area is 205 Å². The SMILES string of the molecule is CCN(C(=O)NCc1ccc(Cl)cc1)C(=O)NNNc1ccc(Oc2cc(C(=O)O)n(C)n2)cc1. The number of rotatable bonds is 9. The van der Waals surface area contributed by atoms with Gasteiger partial charge in [-0.1, -0.05) is 23.7 Å². The Bertz CT molecular complexity index is 1180. The Morgan fingerprint density at radius 1 is 1.09 bits per heavy atom. The molecule has 13 heteroatoms. The molecule has 35 heavy (non-hydrogen) atoms. The molecule has 0 spiro atoms. The fourth-order valence-electron chi connectivity index (χ4n) is 2.90. The minimum atomic E-state index is -1.11. The van der Waals surface area contributed by atoms with E-state index in [1.165, 1.54) is 17.8 Å². The quantitative estimate of drug-likeness (QED) is 0.280. The highest BCUT2D eigenvalue weighted by molar-refractivity contribution is 6.30. The number of benzene rings is 2. The fourth-order valence-corrected chi connectivity index (χ4v) is 3.02. The summed E-state index contributed by atoms with van der Waals surface area (Å²) in [4.78, 5) is 36.8. The first-order valence-electron chi connectivity index (χ1n) is 10.4. The van der Waals surface area contributed by atoms with E-state index >= 15 is 0 Å². The standard InChI is InChI=1S/C22H24ClN7O5/c1-3-30(21(33)24-13-14-4-6-15(23)7-5-14)22(34)26-28-25-16-8-10-17(11-9-16)35-19-12-18(20(31)32)29(2)27-19/h4-12,25,28H,3,13H2,1-2H3,(H,24,33)(H,26,34)(H,31,32). The molecular formula is C22H24ClN7O5. The summed E-state index contributed by atoms with van der Waals surface area (Å²) in [5.74, 6) is -0.530. The summed E-state index contributed by atoms with van der Waals surface area (Å²) in [6.07, 6.45) is 0. The van der Waals surface area contributed by atoms with Crippen molar-refractivity contribution in [2.75, 3.05) is 12.0 Å². The minimum Gasteiger partial charge on any atom is -0.477 e. The molecule has 0 aliphatic carbocycles. The molecule has 0 atom stereocenters. The van der Waals surface area contributed by atoms with Crippen molar-refractivity contribution in [2.45, 2.75) is 13.5 Å². The Morgan fingerprint density at radius 2 is 1.77 bits per heavy atom. The number of carbonyl (C=O) groups excluding carboxylic acids is 2. The molecule has 12 nitrogen and oxygen atoms in total. The number of amides is 4. The molecule has 3 aromatic rings. The van der Waals surface area contributed by atoms with E-state index in [0.29, 0.717) is 16.5 Å². The van der Waals surface area contributed by atoms with Crippen molar-refractivity contribution in [1.82, 2.24) is 31.0 Å². The normalized spacial score (nSPS) is 10.4. The molecule has 184 valence electrons. The third-order valence-electron chi connectivity index (χ3n) is 4.69. The van der Waals surface area contributed by atoms with Crippen LogP contribution in [0.2, 0.25) is 5.02 Å². The van der Waals surface area contributed by atoms with E-state index in [1.807, 2.05) is 0 Å². The fraction of sp³-hybridized carbons (Fsp3) is 0.182. The summed E-state index contributed by atoms with van der Waals surface area (Å²) in [6.45, 7) is 2.08. The molecule has 0 saturated heterocycles. The zero-order chi connectivity index (χ0) is 25.4. The van der Waals surface area contributed by atoms with E-state index in [-0.39, 0.29) is 24.7 Å². The molecule has 0 radical (unpaired) electrons. The Kier molecular flexibility index (Phi) is 8.48. The van der Waals surface area contributed by atoms with E-state index in [2.05, 4.69) is 26.8 Å². The van der Waals surface area contributed by atoms with Gasteiger partial charge in [0, 0.05) is 31.2 Å². The largest absolute Gasteiger partial charge is 0.477 e. The molecule has 0 saturated carbocycles. The van der Waals surface area contributed by atoms with Gasteiger partial charge in [-0.25, -0.2) is 19.3 Å². The number of nitrogens with one attached hydrogen (secondary N) is 4. The number of aryl methyl sites for hydroxylation is 1. The lowest BCUT2D eigenvalue weighted by Crippen LogP contribution is -2.53. The van der Waals surface area contributed by atoms with E-state index in [0.717, 1.165) is 10.5 Å². The van der Waals surface area contributed by atoms with Crippen molar-refractivity contribution in [3.05, 3.63) is 70.9 Å². The lowest BCUT2D eigenvalue weighted by molar-refractivity contribution is 0.0685. The van der Waals surface area contributed by atoms with Crippen LogP contribution in [0.1, 0.15) is 23.0 Å². The van der Waals surface area contributed by atoms with Gasteiger partial charge >= 0.3 is 18.0 Å². The van der Waals surface area contributed by atoms with Gasteiger partial charge in [0.2, 0.25) is 5.88 Å². The number of carbonyl (C=O) groups is 3. The summed E-state index contributed by atoms with van der Waals surface area (Å²) >= 11 is 5.85. The van der Waals surface area contributed by atoms with Crippen LogP contribution < -0.4 is 26.4 Å². The molecule has 2 aromatic carbocycles. The number of carboxylic acids is 1. The summed E-state index contributed by atoms with van der Waals surface area (Å²) in [5.41, 5.74) is 9.12. The van der Waals surface area contributed by atoms with Gasteiger partial charge in [-0.15, -0.1) is 10.6 Å². The number of aromatic nitrogens is 2. The van der Waals surface area contributed by atoms with Gasteiger partial charge in [0.25, 0.3) is 0 Å². The Morgan fingerprint density at radius 3 is 2.37 bits per heavy atom. The number of hydrogen-bond acceptors (Lipinski definition) is 7. The molecular weight excluding hydrogens is 478 g/mol. The van der Waals surface area contributed by atoms with Crippen LogP contribution in [0.4, 0.5) is 15.3 Å². The van der Waals surface area contributed by atoms with Gasteiger partial charge in [0.1, 0.15) is 11.4 Å². The van der Waals surface area contributed by atoms with Crippen molar-refractivity contribution >= 4 is 35.3 Å². The number of hydrazine groups is 2. The van der Waals surface area contributed by atoms with Crippen LogP contribution >= 0.6 is 11.6 Å². The molecule has 0 fully saturated rings. The van der Waals surface area contributed by atoms with E-state index in [9.17, 15) is 14.4 Å². The maximum atomic E-state index is 12.4. The molecule has 0 unspecified atom stereocenters. The molecule has 3 rings (SSSR count). The lowest BCUT2D eigenvalue weighted by Gasteiger charge is -2.20. The third kappa shape index (κ3) is 7.09. The third-order valence-corrected chi connectivity index (χ3v) is 4.95. The highest BCUT2D eigenvalue weighted by atomic mass is 35.5. The van der Waals surface area contributed by atoms with Gasteiger partial charge < -0.3 is 20.6 Å². The summed E-state index contributed by atoms with van der Waals surface area (Å²) < 4.78 is 6.76. The average molecular weight is 502 g/mol. The van der Waals surface area contributed by atoms with Crippen molar-refractivity contribution < 1.29 is 24.2 Å². The molecule has 0 aliphatic rings. The number of ether oxygens (including phenoxy) is 1. The zero-order valence-electron chi connectivity index (χ0n) is 18.9. The number of urea groups is 2. The number of imide groups is 1. The number of anilines is 1. The average Bonchev–Trinajstić information content (AvgIpc) is 3.20. The first kappa shape index (κ1) is 25.3. The zero-order valence-corrected chi connectivity index (χ0v) is 19.7. The van der Waals surface area contributed by atoms with Crippen LogP contribution in [0.15, 0.2) is 54.6 Å². The molecule has 4 amide bonds. The molecule has 1 heterocycles. The summed E-state index contributed by atoms with van der Waals surface area (Å²) in [5, 5.41) is 16.3. The van der Waals surface area contributed by atoms with Crippen LogP contribution in [0, 0.1) is 0 Å². The first-order valence-corrected chi connectivity index (χ1v) is 10.8. The smallest absolute Gasteiger partial charge is 0.354 e. The van der Waals surface area contributed by atoms with Crippen molar-refractivity contribution in [1.29, 1.82) is 0 Å². The second-order valence-electron chi connectivity index (χ2n) is 7.13. The monoisotopic (exact) mass is 501 g/mol. The van der Waals surface area contributed by atoms with Crippen molar-refractivity contribution in [2.24, 2.45) is 7.05 Å². The maximum absolute atomic E-state index is 12.4. The van der Waals surface area contributed by atoms with Crippen molar-refractivity contribution in [3.8, 4) is 11.6 Å². The molecule has 0 bridgehead atoms. The predicted octanol–water partition coefficient (Wildman–Crippen LogP) is 3.34. The van der Waals surface area contributed by atoms with Gasteiger partial charge in [-0.05, 0) is 48.9 Å². The number of aromatic carboxylic acids is 1. The topological polar surface area (TPSA) is 150 Å². The second kappa shape index (κ2) is 11.7. The molecule has 1 aromatic heterocycles. The Hall–Kier alpha value is -4.29. The highest BCUT2D eigenvalue weighted by Gasteiger charge is 2.19. The van der Waals surface area contributed by atoms with Crippen LogP contribution in [-0.2, 0) is 13.6 Å². The molecule has 0 aliphatic heterocycles. The highest BCUT2D eigenvalue weighted by Crippen LogP contribution is 2.22. The van der Waals surface area contributed by atoms with Crippen LogP contribution in [0.3, 0.4) is 0 Å². The van der Waals surface area contributed by atoms with Crippen LogP contribution in [0.5, 0.6) is 11.6 Å². The maximum Gasteiger partial charge on any atom is 0.354 e. The lowest BCUT2D eigenvalue weighted by atomic mass is 10.2. The van der Waals surface area contributed by atoms with Gasteiger partial charge in [0.15, 0.2) is 0 Å². The van der Waals surface area contributed by atoms with Gasteiger partial charge in [-0.2, -0.15) is 0 Å². The molecule has 5 N–H and O–H groups in total. The predicted molar refractivity (Wildman–Crippen MR) is 128 cm³/mol. The Balaban J connectivity index is 1.45. The summed E-state index contributed by atoms with van der Waals surface area (Å²) in [6, 6.07) is 13.7. The second-order valence-corrected chi connectivity index (χ2v) is 7.57. The van der Waals surface area contributed by atoms with Crippen LogP contribution in [-0.4, -0.2) is 44.4 Å².